The molecule has 0 aliphatic heterocycles. The summed E-state index contributed by atoms with van der Waals surface area (Å²) in [5.74, 6) is 0.157. The van der Waals surface area contributed by atoms with Crippen molar-refractivity contribution in [1.82, 2.24) is 5.32 Å². The van der Waals surface area contributed by atoms with Gasteiger partial charge < -0.3 is 14.5 Å². The lowest BCUT2D eigenvalue weighted by molar-refractivity contribution is -0.125. The van der Waals surface area contributed by atoms with Gasteiger partial charge in [-0.3, -0.25) is 4.79 Å². The lowest BCUT2D eigenvalue weighted by Crippen LogP contribution is -2.30. The van der Waals surface area contributed by atoms with E-state index in [1.54, 1.807) is 37.5 Å². The highest BCUT2D eigenvalue weighted by molar-refractivity contribution is 5.91. The van der Waals surface area contributed by atoms with Crippen molar-refractivity contribution >= 4 is 11.9 Å². The maximum absolute atomic E-state index is 11.9. The zero-order valence-electron chi connectivity index (χ0n) is 13.5. The van der Waals surface area contributed by atoms with Gasteiger partial charge in [-0.1, -0.05) is 26.0 Å². The molecule has 2 rings (SSSR count). The first-order valence-electron chi connectivity index (χ1n) is 7.57. The van der Waals surface area contributed by atoms with E-state index in [1.165, 1.54) is 0 Å². The standard InChI is InChI=1S/C18H21NO4/c1-12(2)14-6-8-15(9-7-14)18(21)23-11-17(20)19-13(3)16-5-4-10-22-16/h4-10,12-13H,11H2,1-3H3,(H,19,20)/t13-/m0/s1. The van der Waals surface area contributed by atoms with Gasteiger partial charge in [0.15, 0.2) is 6.61 Å². The molecule has 0 bridgehead atoms. The number of esters is 1. The summed E-state index contributed by atoms with van der Waals surface area (Å²) in [4.78, 5) is 23.7. The van der Waals surface area contributed by atoms with Gasteiger partial charge in [0, 0.05) is 0 Å². The van der Waals surface area contributed by atoms with Gasteiger partial charge in [-0.15, -0.1) is 0 Å². The molecule has 0 unspecified atom stereocenters. The molecule has 1 amide bonds. The Hall–Kier alpha value is -2.56. The summed E-state index contributed by atoms with van der Waals surface area (Å²) >= 11 is 0. The van der Waals surface area contributed by atoms with Crippen LogP contribution in [0.2, 0.25) is 0 Å². The second-order valence-electron chi connectivity index (χ2n) is 5.66. The first-order valence-corrected chi connectivity index (χ1v) is 7.57. The van der Waals surface area contributed by atoms with Crippen LogP contribution in [0, 0.1) is 0 Å². The van der Waals surface area contributed by atoms with Crippen molar-refractivity contribution < 1.29 is 18.7 Å². The van der Waals surface area contributed by atoms with Crippen LogP contribution in [-0.2, 0) is 9.53 Å². The third-order valence-electron chi connectivity index (χ3n) is 3.49. The van der Waals surface area contributed by atoms with Crippen LogP contribution in [0.1, 0.15) is 54.4 Å². The Balaban J connectivity index is 1.82. The van der Waals surface area contributed by atoms with Crippen LogP contribution in [0.25, 0.3) is 0 Å². The Labute approximate surface area is 135 Å². The van der Waals surface area contributed by atoms with Crippen molar-refractivity contribution in [2.45, 2.75) is 32.7 Å². The molecule has 0 aliphatic carbocycles. The molecule has 0 saturated heterocycles. The van der Waals surface area contributed by atoms with E-state index >= 15 is 0 Å². The van der Waals surface area contributed by atoms with Crippen LogP contribution >= 0.6 is 0 Å². The third-order valence-corrected chi connectivity index (χ3v) is 3.49. The number of hydrogen-bond donors (Lipinski definition) is 1. The molecule has 5 heteroatoms. The fourth-order valence-electron chi connectivity index (χ4n) is 2.11. The Morgan fingerprint density at radius 2 is 1.83 bits per heavy atom. The topological polar surface area (TPSA) is 68.5 Å². The van der Waals surface area contributed by atoms with Gasteiger partial charge in [0.1, 0.15) is 5.76 Å². The average Bonchev–Trinajstić information content (AvgIpc) is 3.07. The molecule has 1 heterocycles. The molecule has 1 aromatic carbocycles. The number of carbonyl (C=O) groups excluding carboxylic acids is 2. The van der Waals surface area contributed by atoms with E-state index in [1.807, 2.05) is 12.1 Å². The van der Waals surface area contributed by atoms with Gasteiger partial charge in [-0.05, 0) is 42.7 Å². The SMILES string of the molecule is CC(C)c1ccc(C(=O)OCC(=O)N[C@@H](C)c2ccco2)cc1. The lowest BCUT2D eigenvalue weighted by Gasteiger charge is -2.12. The average molecular weight is 315 g/mol. The van der Waals surface area contributed by atoms with Gasteiger partial charge in [0.25, 0.3) is 5.91 Å². The molecular weight excluding hydrogens is 294 g/mol. The number of carbonyl (C=O) groups is 2. The van der Waals surface area contributed by atoms with Gasteiger partial charge in [0.2, 0.25) is 0 Å². The molecule has 0 radical (unpaired) electrons. The smallest absolute Gasteiger partial charge is 0.338 e. The van der Waals surface area contributed by atoms with Crippen LogP contribution in [0.3, 0.4) is 0 Å². The first-order chi connectivity index (χ1) is 11.0. The largest absolute Gasteiger partial charge is 0.467 e. The lowest BCUT2D eigenvalue weighted by atomic mass is 10.0. The maximum atomic E-state index is 11.9. The first kappa shape index (κ1) is 16.8. The number of nitrogens with one attached hydrogen (secondary N) is 1. The van der Waals surface area contributed by atoms with E-state index in [4.69, 9.17) is 9.15 Å². The monoisotopic (exact) mass is 315 g/mol. The quantitative estimate of drug-likeness (QED) is 0.829. The van der Waals surface area contributed by atoms with E-state index in [2.05, 4.69) is 19.2 Å². The van der Waals surface area contributed by atoms with E-state index in [0.29, 0.717) is 17.2 Å². The summed E-state index contributed by atoms with van der Waals surface area (Å²) in [5.41, 5.74) is 1.58. The van der Waals surface area contributed by atoms with Crippen molar-refractivity contribution in [3.63, 3.8) is 0 Å². The highest BCUT2D eigenvalue weighted by atomic mass is 16.5. The molecular formula is C18H21NO4. The number of ether oxygens (including phenoxy) is 1. The van der Waals surface area contributed by atoms with Gasteiger partial charge in [-0.2, -0.15) is 0 Å². The summed E-state index contributed by atoms with van der Waals surface area (Å²) < 4.78 is 10.2. The molecule has 1 N–H and O–H groups in total. The second-order valence-corrected chi connectivity index (χ2v) is 5.66. The molecule has 23 heavy (non-hydrogen) atoms. The van der Waals surface area contributed by atoms with E-state index < -0.39 is 5.97 Å². The minimum Gasteiger partial charge on any atom is -0.467 e. The molecule has 5 nitrogen and oxygen atoms in total. The second kappa shape index (κ2) is 7.63. The third kappa shape index (κ3) is 4.71. The number of furan rings is 1. The van der Waals surface area contributed by atoms with Gasteiger partial charge in [-0.25, -0.2) is 4.79 Å². The molecule has 0 fully saturated rings. The Kier molecular flexibility index (Phi) is 5.57. The molecule has 1 aromatic heterocycles. The van der Waals surface area contributed by atoms with Crippen LogP contribution in [0.15, 0.2) is 47.1 Å². The molecule has 0 saturated carbocycles. The number of hydrogen-bond acceptors (Lipinski definition) is 4. The van der Waals surface area contributed by atoms with Crippen molar-refractivity contribution in [1.29, 1.82) is 0 Å². The minimum absolute atomic E-state index is 0.276. The van der Waals surface area contributed by atoms with Crippen LogP contribution < -0.4 is 5.32 Å². The Morgan fingerprint density at radius 3 is 2.39 bits per heavy atom. The summed E-state index contributed by atoms with van der Waals surface area (Å²) in [6.45, 7) is 5.63. The summed E-state index contributed by atoms with van der Waals surface area (Å²) in [6, 6.07) is 10.4. The number of benzene rings is 1. The molecule has 1 atom stereocenters. The zero-order chi connectivity index (χ0) is 16.8. The Morgan fingerprint density at radius 1 is 1.13 bits per heavy atom. The van der Waals surface area contributed by atoms with Crippen LogP contribution in [0.4, 0.5) is 0 Å². The fraction of sp³-hybridized carbons (Fsp3) is 0.333. The van der Waals surface area contributed by atoms with Crippen molar-refractivity contribution in [2.24, 2.45) is 0 Å². The molecule has 2 aromatic rings. The predicted molar refractivity (Wildman–Crippen MR) is 86.1 cm³/mol. The maximum Gasteiger partial charge on any atom is 0.338 e. The van der Waals surface area contributed by atoms with Gasteiger partial charge >= 0.3 is 5.97 Å². The fourth-order valence-corrected chi connectivity index (χ4v) is 2.11. The van der Waals surface area contributed by atoms with Crippen LogP contribution in [0.5, 0.6) is 0 Å². The highest BCUT2D eigenvalue weighted by Crippen LogP contribution is 2.15. The summed E-state index contributed by atoms with van der Waals surface area (Å²) in [5, 5.41) is 2.70. The molecule has 0 spiro atoms. The van der Waals surface area contributed by atoms with Crippen molar-refractivity contribution in [3.8, 4) is 0 Å². The van der Waals surface area contributed by atoms with Gasteiger partial charge in [0.05, 0.1) is 17.9 Å². The number of rotatable bonds is 6. The molecule has 0 aliphatic rings. The summed E-state index contributed by atoms with van der Waals surface area (Å²) in [7, 11) is 0. The van der Waals surface area contributed by atoms with E-state index in [0.717, 1.165) is 5.56 Å². The normalized spacial score (nSPS) is 12.0. The molecule has 122 valence electrons. The highest BCUT2D eigenvalue weighted by Gasteiger charge is 2.14. The van der Waals surface area contributed by atoms with E-state index in [9.17, 15) is 9.59 Å². The van der Waals surface area contributed by atoms with E-state index in [-0.39, 0.29) is 18.6 Å². The van der Waals surface area contributed by atoms with Crippen molar-refractivity contribution in [2.75, 3.05) is 6.61 Å². The summed E-state index contributed by atoms with van der Waals surface area (Å²) in [6.07, 6.45) is 1.54. The number of amides is 1. The predicted octanol–water partition coefficient (Wildman–Crippen LogP) is 3.44. The Bertz CT molecular complexity index is 644. The zero-order valence-corrected chi connectivity index (χ0v) is 13.5. The minimum atomic E-state index is -0.513. The van der Waals surface area contributed by atoms with Crippen LogP contribution in [-0.4, -0.2) is 18.5 Å². The van der Waals surface area contributed by atoms with Crippen molar-refractivity contribution in [3.05, 3.63) is 59.5 Å².